The molecule has 0 amide bonds. The molecule has 0 atom stereocenters. The molecule has 0 aliphatic heterocycles. The number of hydrogen-bond donors (Lipinski definition) is 0. The SMILES string of the molecule is N#Cc1ccc(Cn2cncc2Cn2ccc(C(=O)c3cccc4ccccc34)c2)cc1. The lowest BCUT2D eigenvalue weighted by molar-refractivity contribution is 0.104. The first-order valence-electron chi connectivity index (χ1n) is 10.4. The van der Waals surface area contributed by atoms with Crippen LogP contribution < -0.4 is 0 Å². The van der Waals surface area contributed by atoms with E-state index in [0.717, 1.165) is 22.0 Å². The zero-order chi connectivity index (χ0) is 21.9. The highest BCUT2D eigenvalue weighted by atomic mass is 16.1. The molecule has 0 radical (unpaired) electrons. The van der Waals surface area contributed by atoms with Gasteiger partial charge < -0.3 is 9.13 Å². The highest BCUT2D eigenvalue weighted by molar-refractivity contribution is 6.16. The second kappa shape index (κ2) is 8.37. The summed E-state index contributed by atoms with van der Waals surface area (Å²) in [6, 6.07) is 25.3. The van der Waals surface area contributed by atoms with Crippen LogP contribution in [0.3, 0.4) is 0 Å². The van der Waals surface area contributed by atoms with Crippen molar-refractivity contribution in [3.8, 4) is 6.07 Å². The van der Waals surface area contributed by atoms with Gasteiger partial charge in [-0.05, 0) is 34.5 Å². The van der Waals surface area contributed by atoms with Crippen LogP contribution in [0.4, 0.5) is 0 Å². The van der Waals surface area contributed by atoms with Crippen LogP contribution in [0.2, 0.25) is 0 Å². The second-order valence-electron chi connectivity index (χ2n) is 7.75. The fourth-order valence-electron chi connectivity index (χ4n) is 3.94. The summed E-state index contributed by atoms with van der Waals surface area (Å²) >= 11 is 0. The van der Waals surface area contributed by atoms with Gasteiger partial charge in [-0.15, -0.1) is 0 Å². The van der Waals surface area contributed by atoms with Gasteiger partial charge in [0.2, 0.25) is 0 Å². The lowest BCUT2D eigenvalue weighted by Gasteiger charge is -2.09. The third kappa shape index (κ3) is 3.82. The first-order chi connectivity index (χ1) is 15.7. The lowest BCUT2D eigenvalue weighted by atomic mass is 9.99. The molecule has 0 aliphatic rings. The fraction of sp³-hybridized carbons (Fsp3) is 0.0741. The number of imidazole rings is 1. The van der Waals surface area contributed by atoms with E-state index in [4.69, 9.17) is 5.26 Å². The van der Waals surface area contributed by atoms with Crippen molar-refractivity contribution in [3.63, 3.8) is 0 Å². The van der Waals surface area contributed by atoms with E-state index in [1.54, 1.807) is 6.33 Å². The van der Waals surface area contributed by atoms with Gasteiger partial charge in [-0.3, -0.25) is 4.79 Å². The van der Waals surface area contributed by atoms with Crippen LogP contribution in [0.25, 0.3) is 10.8 Å². The van der Waals surface area contributed by atoms with Crippen LogP contribution >= 0.6 is 0 Å². The molecule has 0 bridgehead atoms. The number of carbonyl (C=O) groups excluding carboxylic acids is 1. The maximum Gasteiger partial charge on any atom is 0.195 e. The predicted octanol–water partition coefficient (Wildman–Crippen LogP) is 5.04. The van der Waals surface area contributed by atoms with Crippen molar-refractivity contribution in [1.82, 2.24) is 14.1 Å². The summed E-state index contributed by atoms with van der Waals surface area (Å²) in [5.74, 6) is 0.0200. The Morgan fingerprint density at radius 1 is 0.938 bits per heavy atom. The molecular formula is C27H20N4O. The Morgan fingerprint density at radius 2 is 1.75 bits per heavy atom. The Balaban J connectivity index is 1.35. The van der Waals surface area contributed by atoms with Gasteiger partial charge in [0, 0.05) is 36.3 Å². The molecule has 154 valence electrons. The standard InChI is InChI=1S/C27H20N4O/c28-14-20-8-10-21(11-9-20)16-31-19-29-15-24(31)18-30-13-12-23(17-30)27(32)26-7-3-5-22-4-1-2-6-25(22)26/h1-13,15,17,19H,16,18H2. The van der Waals surface area contributed by atoms with Gasteiger partial charge in [-0.2, -0.15) is 5.26 Å². The third-order valence-corrected chi connectivity index (χ3v) is 5.63. The van der Waals surface area contributed by atoms with Gasteiger partial charge in [0.05, 0.1) is 30.2 Å². The Morgan fingerprint density at radius 3 is 2.59 bits per heavy atom. The molecule has 2 heterocycles. The van der Waals surface area contributed by atoms with Crippen LogP contribution in [0.15, 0.2) is 97.7 Å². The van der Waals surface area contributed by atoms with Crippen LogP contribution in [0.5, 0.6) is 0 Å². The smallest absolute Gasteiger partial charge is 0.195 e. The summed E-state index contributed by atoms with van der Waals surface area (Å²) in [6.07, 6.45) is 7.47. The number of ketones is 1. The van der Waals surface area contributed by atoms with Gasteiger partial charge in [-0.25, -0.2) is 4.98 Å². The molecule has 3 aromatic carbocycles. The van der Waals surface area contributed by atoms with Gasteiger partial charge in [0.25, 0.3) is 0 Å². The van der Waals surface area contributed by atoms with E-state index < -0.39 is 0 Å². The predicted molar refractivity (Wildman–Crippen MR) is 123 cm³/mol. The molecule has 5 aromatic rings. The van der Waals surface area contributed by atoms with Crippen molar-refractivity contribution in [2.24, 2.45) is 0 Å². The number of hydrogen-bond acceptors (Lipinski definition) is 3. The zero-order valence-electron chi connectivity index (χ0n) is 17.3. The van der Waals surface area contributed by atoms with Crippen LogP contribution in [0.1, 0.15) is 32.7 Å². The molecule has 0 fully saturated rings. The van der Waals surface area contributed by atoms with Crippen LogP contribution in [-0.4, -0.2) is 19.9 Å². The number of aromatic nitrogens is 3. The van der Waals surface area contributed by atoms with Gasteiger partial charge >= 0.3 is 0 Å². The van der Waals surface area contributed by atoms with Crippen molar-refractivity contribution >= 4 is 16.6 Å². The van der Waals surface area contributed by atoms with Crippen LogP contribution in [-0.2, 0) is 13.1 Å². The summed E-state index contributed by atoms with van der Waals surface area (Å²) in [6.45, 7) is 1.28. The average Bonchev–Trinajstić information content (AvgIpc) is 3.49. The first-order valence-corrected chi connectivity index (χ1v) is 10.4. The first kappa shape index (κ1) is 19.5. The minimum atomic E-state index is 0.0200. The average molecular weight is 416 g/mol. The van der Waals surface area contributed by atoms with Crippen molar-refractivity contribution in [2.45, 2.75) is 13.1 Å². The molecule has 0 spiro atoms. The maximum atomic E-state index is 13.2. The Kier molecular flexibility index (Phi) is 5.11. The molecular weight excluding hydrogens is 396 g/mol. The molecule has 0 N–H and O–H groups in total. The van der Waals surface area contributed by atoms with Gasteiger partial charge in [0.15, 0.2) is 5.78 Å². The van der Waals surface area contributed by atoms with E-state index in [1.807, 2.05) is 96.0 Å². The van der Waals surface area contributed by atoms with Gasteiger partial charge in [-0.1, -0.05) is 54.6 Å². The van der Waals surface area contributed by atoms with Crippen LogP contribution in [0, 0.1) is 11.3 Å². The summed E-state index contributed by atoms with van der Waals surface area (Å²) < 4.78 is 4.08. The molecule has 5 nitrogen and oxygen atoms in total. The van der Waals surface area contributed by atoms with Crippen molar-refractivity contribution in [3.05, 3.63) is 126 Å². The van der Waals surface area contributed by atoms with Crippen molar-refractivity contribution < 1.29 is 4.79 Å². The molecule has 0 aliphatic carbocycles. The maximum absolute atomic E-state index is 13.2. The monoisotopic (exact) mass is 416 g/mol. The molecule has 2 aromatic heterocycles. The minimum absolute atomic E-state index is 0.0200. The van der Waals surface area contributed by atoms with E-state index in [0.29, 0.717) is 29.8 Å². The molecule has 0 saturated heterocycles. The zero-order valence-corrected chi connectivity index (χ0v) is 17.3. The number of carbonyl (C=O) groups is 1. The molecule has 5 rings (SSSR count). The number of benzene rings is 3. The van der Waals surface area contributed by atoms with E-state index in [2.05, 4.69) is 15.6 Å². The third-order valence-electron chi connectivity index (χ3n) is 5.63. The Bertz CT molecular complexity index is 1450. The summed E-state index contributed by atoms with van der Waals surface area (Å²) in [5, 5.41) is 11.0. The normalized spacial score (nSPS) is 10.8. The molecule has 32 heavy (non-hydrogen) atoms. The minimum Gasteiger partial charge on any atom is -0.348 e. The van der Waals surface area contributed by atoms with E-state index >= 15 is 0 Å². The lowest BCUT2D eigenvalue weighted by Crippen LogP contribution is -2.07. The highest BCUT2D eigenvalue weighted by Gasteiger charge is 2.14. The number of nitriles is 1. The molecule has 0 saturated carbocycles. The van der Waals surface area contributed by atoms with Gasteiger partial charge in [0.1, 0.15) is 0 Å². The van der Waals surface area contributed by atoms with Crippen molar-refractivity contribution in [1.29, 1.82) is 5.26 Å². The highest BCUT2D eigenvalue weighted by Crippen LogP contribution is 2.22. The topological polar surface area (TPSA) is 63.6 Å². The fourth-order valence-corrected chi connectivity index (χ4v) is 3.94. The quantitative estimate of drug-likeness (QED) is 0.365. The van der Waals surface area contributed by atoms with Crippen molar-refractivity contribution in [2.75, 3.05) is 0 Å². The number of fused-ring (bicyclic) bond motifs is 1. The second-order valence-corrected chi connectivity index (χ2v) is 7.75. The molecule has 0 unspecified atom stereocenters. The molecule has 5 heteroatoms. The Hall–Kier alpha value is -4.43. The summed E-state index contributed by atoms with van der Waals surface area (Å²) in [7, 11) is 0. The number of rotatable bonds is 6. The number of nitrogens with zero attached hydrogens (tertiary/aromatic N) is 4. The largest absolute Gasteiger partial charge is 0.348 e. The summed E-state index contributed by atoms with van der Waals surface area (Å²) in [4.78, 5) is 17.5. The summed E-state index contributed by atoms with van der Waals surface area (Å²) in [5.41, 5.74) is 4.17. The van der Waals surface area contributed by atoms with E-state index in [9.17, 15) is 4.79 Å². The van der Waals surface area contributed by atoms with E-state index in [1.165, 1.54) is 0 Å². The Labute approximate surface area is 185 Å². The van der Waals surface area contributed by atoms with E-state index in [-0.39, 0.29) is 5.78 Å².